The predicted molar refractivity (Wildman–Crippen MR) is 115 cm³/mol. The number of aromatic nitrogens is 1. The summed E-state index contributed by atoms with van der Waals surface area (Å²) >= 11 is 0. The van der Waals surface area contributed by atoms with Crippen molar-refractivity contribution < 1.29 is 14.3 Å². The number of hydrogen-bond acceptors (Lipinski definition) is 4. The van der Waals surface area contributed by atoms with E-state index < -0.39 is 5.97 Å². The van der Waals surface area contributed by atoms with Gasteiger partial charge in [-0.15, -0.1) is 0 Å². The number of aryl methyl sites for hydroxylation is 1. The molecule has 1 amide bonds. The Kier molecular flexibility index (Phi) is 6.73. The zero-order valence-corrected chi connectivity index (χ0v) is 17.7. The monoisotopic (exact) mass is 405 g/mol. The Morgan fingerprint density at radius 1 is 1.20 bits per heavy atom. The summed E-state index contributed by atoms with van der Waals surface area (Å²) in [5, 5.41) is 12.6. The Morgan fingerprint density at radius 3 is 2.60 bits per heavy atom. The van der Waals surface area contributed by atoms with Crippen molar-refractivity contribution in [2.24, 2.45) is 0 Å². The molecule has 1 aliphatic rings. The standard InChI is InChI=1S/C24H27N3O3/c1-16-12-19(13-20(15-25)23(28)26-21-9-5-4-6-10-21)17(2)27(16)22-11-7-8-18(14-22)24(29)30-3/h7-8,11-14,21H,4-6,9-10H2,1-3H3,(H,26,28)/b20-13-. The maximum Gasteiger partial charge on any atom is 0.337 e. The highest BCUT2D eigenvalue weighted by atomic mass is 16.5. The van der Waals surface area contributed by atoms with E-state index in [4.69, 9.17) is 4.74 Å². The lowest BCUT2D eigenvalue weighted by Crippen LogP contribution is -2.36. The van der Waals surface area contributed by atoms with Crippen molar-refractivity contribution in [1.29, 1.82) is 5.26 Å². The first-order valence-electron chi connectivity index (χ1n) is 10.2. The predicted octanol–water partition coefficient (Wildman–Crippen LogP) is 4.24. The van der Waals surface area contributed by atoms with Gasteiger partial charge < -0.3 is 14.6 Å². The van der Waals surface area contributed by atoms with Gasteiger partial charge in [-0.3, -0.25) is 4.79 Å². The molecule has 0 aliphatic heterocycles. The second-order valence-electron chi connectivity index (χ2n) is 7.68. The Balaban J connectivity index is 1.89. The van der Waals surface area contributed by atoms with Crippen LogP contribution in [0.15, 0.2) is 35.9 Å². The van der Waals surface area contributed by atoms with Gasteiger partial charge in [-0.25, -0.2) is 4.79 Å². The summed E-state index contributed by atoms with van der Waals surface area (Å²) in [6.45, 7) is 3.88. The fourth-order valence-electron chi connectivity index (χ4n) is 4.04. The molecular weight excluding hydrogens is 378 g/mol. The van der Waals surface area contributed by atoms with Gasteiger partial charge in [0.2, 0.25) is 0 Å². The molecule has 1 heterocycles. The van der Waals surface area contributed by atoms with Crippen molar-refractivity contribution in [3.63, 3.8) is 0 Å². The highest BCUT2D eigenvalue weighted by molar-refractivity contribution is 6.02. The number of methoxy groups -OCH3 is 1. The Bertz CT molecular complexity index is 1020. The van der Waals surface area contributed by atoms with Crippen molar-refractivity contribution in [2.75, 3.05) is 7.11 Å². The third-order valence-electron chi connectivity index (χ3n) is 5.60. The summed E-state index contributed by atoms with van der Waals surface area (Å²) in [6, 6.07) is 11.3. The van der Waals surface area contributed by atoms with Crippen LogP contribution in [0.5, 0.6) is 0 Å². The molecule has 1 fully saturated rings. The van der Waals surface area contributed by atoms with Crippen LogP contribution in [0.3, 0.4) is 0 Å². The number of nitrogens with one attached hydrogen (secondary N) is 1. The molecule has 30 heavy (non-hydrogen) atoms. The molecule has 0 atom stereocenters. The number of carbonyl (C=O) groups is 2. The zero-order valence-electron chi connectivity index (χ0n) is 17.7. The number of benzene rings is 1. The summed E-state index contributed by atoms with van der Waals surface area (Å²) in [5.74, 6) is -0.715. The van der Waals surface area contributed by atoms with Gasteiger partial charge in [0.25, 0.3) is 5.91 Å². The Labute approximate surface area is 177 Å². The average molecular weight is 405 g/mol. The summed E-state index contributed by atoms with van der Waals surface area (Å²) < 4.78 is 6.80. The molecule has 156 valence electrons. The van der Waals surface area contributed by atoms with Crippen LogP contribution in [0.4, 0.5) is 0 Å². The molecule has 6 nitrogen and oxygen atoms in total. The minimum absolute atomic E-state index is 0.101. The fourth-order valence-corrected chi connectivity index (χ4v) is 4.04. The molecule has 1 saturated carbocycles. The molecule has 3 rings (SSSR count). The van der Waals surface area contributed by atoms with Crippen LogP contribution in [-0.2, 0) is 9.53 Å². The van der Waals surface area contributed by atoms with Gasteiger partial charge in [0.1, 0.15) is 11.6 Å². The molecule has 0 radical (unpaired) electrons. The van der Waals surface area contributed by atoms with Crippen LogP contribution in [0.2, 0.25) is 0 Å². The van der Waals surface area contributed by atoms with Crippen LogP contribution in [0.25, 0.3) is 11.8 Å². The van der Waals surface area contributed by atoms with E-state index in [1.54, 1.807) is 24.3 Å². The van der Waals surface area contributed by atoms with E-state index in [1.165, 1.54) is 13.5 Å². The summed E-state index contributed by atoms with van der Waals surface area (Å²) in [5.41, 5.74) is 4.00. The minimum Gasteiger partial charge on any atom is -0.465 e. The molecule has 0 unspecified atom stereocenters. The van der Waals surface area contributed by atoms with E-state index in [0.717, 1.165) is 48.3 Å². The van der Waals surface area contributed by atoms with Gasteiger partial charge >= 0.3 is 5.97 Å². The molecule has 0 bridgehead atoms. The van der Waals surface area contributed by atoms with Crippen LogP contribution in [-0.4, -0.2) is 29.6 Å². The van der Waals surface area contributed by atoms with Crippen molar-refractivity contribution in [2.45, 2.75) is 52.0 Å². The van der Waals surface area contributed by atoms with Gasteiger partial charge in [0.15, 0.2) is 0 Å². The normalized spacial score (nSPS) is 14.8. The number of nitriles is 1. The smallest absolute Gasteiger partial charge is 0.337 e. The summed E-state index contributed by atoms with van der Waals surface area (Å²) in [4.78, 5) is 24.5. The summed E-state index contributed by atoms with van der Waals surface area (Å²) in [6.07, 6.45) is 7.01. The van der Waals surface area contributed by atoms with E-state index in [-0.39, 0.29) is 17.5 Å². The first kappa shape index (κ1) is 21.4. The third-order valence-corrected chi connectivity index (χ3v) is 5.60. The first-order valence-corrected chi connectivity index (χ1v) is 10.2. The second kappa shape index (κ2) is 9.45. The van der Waals surface area contributed by atoms with Crippen molar-refractivity contribution >= 4 is 18.0 Å². The van der Waals surface area contributed by atoms with Crippen molar-refractivity contribution in [1.82, 2.24) is 9.88 Å². The molecular formula is C24H27N3O3. The Morgan fingerprint density at radius 2 is 1.93 bits per heavy atom. The van der Waals surface area contributed by atoms with Gasteiger partial charge in [0, 0.05) is 23.1 Å². The van der Waals surface area contributed by atoms with E-state index >= 15 is 0 Å². The number of amides is 1. The van der Waals surface area contributed by atoms with E-state index in [1.807, 2.05) is 36.6 Å². The highest BCUT2D eigenvalue weighted by Gasteiger charge is 2.19. The SMILES string of the molecule is COC(=O)c1cccc(-n2c(C)cc(/C=C(/C#N)C(=O)NC3CCCCC3)c2C)c1. The highest BCUT2D eigenvalue weighted by Crippen LogP contribution is 2.24. The maximum atomic E-state index is 12.6. The molecule has 6 heteroatoms. The van der Waals surface area contributed by atoms with Crippen molar-refractivity contribution in [3.8, 4) is 11.8 Å². The van der Waals surface area contributed by atoms with Crippen LogP contribution in [0.1, 0.15) is 59.4 Å². The minimum atomic E-state index is -0.398. The van der Waals surface area contributed by atoms with Crippen LogP contribution >= 0.6 is 0 Å². The topological polar surface area (TPSA) is 84.1 Å². The molecule has 2 aromatic rings. The number of ether oxygens (including phenoxy) is 1. The molecule has 1 aliphatic carbocycles. The second-order valence-corrected chi connectivity index (χ2v) is 7.68. The molecule has 1 aromatic heterocycles. The van der Waals surface area contributed by atoms with Gasteiger partial charge in [-0.2, -0.15) is 5.26 Å². The van der Waals surface area contributed by atoms with Gasteiger partial charge in [0.05, 0.1) is 12.7 Å². The number of nitrogens with zero attached hydrogens (tertiary/aromatic N) is 2. The largest absolute Gasteiger partial charge is 0.465 e. The van der Waals surface area contributed by atoms with Crippen LogP contribution in [0, 0.1) is 25.2 Å². The van der Waals surface area contributed by atoms with E-state index in [2.05, 4.69) is 5.32 Å². The zero-order chi connectivity index (χ0) is 21.7. The lowest BCUT2D eigenvalue weighted by Gasteiger charge is -2.22. The van der Waals surface area contributed by atoms with Crippen LogP contribution < -0.4 is 5.32 Å². The van der Waals surface area contributed by atoms with E-state index in [0.29, 0.717) is 5.56 Å². The molecule has 0 spiro atoms. The van der Waals surface area contributed by atoms with Gasteiger partial charge in [-0.1, -0.05) is 25.3 Å². The number of hydrogen-bond donors (Lipinski definition) is 1. The lowest BCUT2D eigenvalue weighted by molar-refractivity contribution is -0.117. The third kappa shape index (κ3) is 4.62. The Hall–Kier alpha value is -3.33. The average Bonchev–Trinajstić information content (AvgIpc) is 3.04. The summed E-state index contributed by atoms with van der Waals surface area (Å²) in [7, 11) is 1.35. The number of esters is 1. The maximum absolute atomic E-state index is 12.6. The van der Waals surface area contributed by atoms with E-state index in [9.17, 15) is 14.9 Å². The molecule has 1 aromatic carbocycles. The number of carbonyl (C=O) groups excluding carboxylic acids is 2. The van der Waals surface area contributed by atoms with Gasteiger partial charge in [-0.05, 0) is 62.6 Å². The fraction of sp³-hybridized carbons (Fsp3) is 0.375. The number of rotatable bonds is 5. The first-order chi connectivity index (χ1) is 14.4. The molecule has 1 N–H and O–H groups in total. The quantitative estimate of drug-likeness (QED) is 0.458. The lowest BCUT2D eigenvalue weighted by atomic mass is 9.95. The molecule has 0 saturated heterocycles. The van der Waals surface area contributed by atoms with Crippen molar-refractivity contribution in [3.05, 3.63) is 58.4 Å².